The third-order valence-corrected chi connectivity index (χ3v) is 7.34. The fourth-order valence-electron chi connectivity index (χ4n) is 4.62. The number of likely N-dealkylation sites (tertiary alicyclic amines) is 2. The van der Waals surface area contributed by atoms with Crippen molar-refractivity contribution in [3.63, 3.8) is 0 Å². The molecule has 4 amide bonds. The molecule has 3 aliphatic rings. The van der Waals surface area contributed by atoms with Crippen LogP contribution in [-0.4, -0.2) is 76.8 Å². The molecule has 1 N–H and O–H groups in total. The SMILES string of the molecule is CCN1CCC2(CC1)NC(=O)N([C@H]1CCCN(C(=O)c3ccc(C)s3)C1)C2=O. The smallest absolute Gasteiger partial charge is 0.325 e. The van der Waals surface area contributed by atoms with E-state index in [1.807, 2.05) is 19.1 Å². The number of amides is 4. The highest BCUT2D eigenvalue weighted by Crippen LogP contribution is 2.32. The topological polar surface area (TPSA) is 73.0 Å². The molecule has 3 saturated heterocycles. The molecule has 8 heteroatoms. The number of hydrogen-bond acceptors (Lipinski definition) is 5. The molecule has 4 heterocycles. The van der Waals surface area contributed by atoms with E-state index in [2.05, 4.69) is 17.1 Å². The summed E-state index contributed by atoms with van der Waals surface area (Å²) in [6.45, 7) is 7.80. The van der Waals surface area contributed by atoms with Crippen LogP contribution in [0.3, 0.4) is 0 Å². The van der Waals surface area contributed by atoms with Crippen LogP contribution in [0.25, 0.3) is 0 Å². The zero-order valence-corrected chi connectivity index (χ0v) is 17.4. The third-order valence-electron chi connectivity index (χ3n) is 6.35. The first-order valence-electron chi connectivity index (χ1n) is 10.2. The van der Waals surface area contributed by atoms with Crippen molar-refractivity contribution in [2.24, 2.45) is 0 Å². The fraction of sp³-hybridized carbons (Fsp3) is 0.650. The van der Waals surface area contributed by atoms with Crippen molar-refractivity contribution in [3.8, 4) is 0 Å². The Morgan fingerprint density at radius 1 is 1.25 bits per heavy atom. The number of thiophene rings is 1. The quantitative estimate of drug-likeness (QED) is 0.783. The molecule has 4 rings (SSSR count). The Bertz CT molecular complexity index is 784. The van der Waals surface area contributed by atoms with Gasteiger partial charge < -0.3 is 15.1 Å². The van der Waals surface area contributed by atoms with Gasteiger partial charge in [-0.3, -0.25) is 14.5 Å². The standard InChI is InChI=1S/C20H28N4O3S/c1-3-22-11-8-20(9-12-22)18(26)24(19(27)21-20)15-5-4-10-23(13-15)17(25)16-7-6-14(2)28-16/h6-7,15H,3-5,8-13H2,1-2H3,(H,21,27)/t15-/m0/s1. The number of urea groups is 1. The number of nitrogens with one attached hydrogen (secondary N) is 1. The molecule has 1 spiro atoms. The van der Waals surface area contributed by atoms with Crippen molar-refractivity contribution >= 4 is 29.2 Å². The van der Waals surface area contributed by atoms with Crippen LogP contribution in [0.5, 0.6) is 0 Å². The average Bonchev–Trinajstić information content (AvgIpc) is 3.23. The number of aryl methyl sites for hydroxylation is 1. The summed E-state index contributed by atoms with van der Waals surface area (Å²) in [7, 11) is 0. The number of carbonyl (C=O) groups is 3. The Labute approximate surface area is 169 Å². The Morgan fingerprint density at radius 3 is 2.64 bits per heavy atom. The molecule has 0 aromatic carbocycles. The van der Waals surface area contributed by atoms with Crippen LogP contribution in [-0.2, 0) is 4.79 Å². The second-order valence-electron chi connectivity index (χ2n) is 8.08. The third kappa shape index (κ3) is 3.33. The van der Waals surface area contributed by atoms with Gasteiger partial charge in [0.2, 0.25) is 0 Å². The molecule has 0 saturated carbocycles. The van der Waals surface area contributed by atoms with E-state index in [1.54, 1.807) is 4.90 Å². The summed E-state index contributed by atoms with van der Waals surface area (Å²) in [6.07, 6.45) is 2.87. The Hall–Kier alpha value is -1.93. The maximum atomic E-state index is 13.3. The van der Waals surface area contributed by atoms with Gasteiger partial charge in [-0.15, -0.1) is 11.3 Å². The predicted molar refractivity (Wildman–Crippen MR) is 107 cm³/mol. The Balaban J connectivity index is 1.47. The number of imide groups is 1. The minimum Gasteiger partial charge on any atom is -0.336 e. The second-order valence-corrected chi connectivity index (χ2v) is 9.37. The molecular formula is C20H28N4O3S. The number of carbonyl (C=O) groups excluding carboxylic acids is 3. The number of piperidine rings is 2. The van der Waals surface area contributed by atoms with Gasteiger partial charge in [-0.25, -0.2) is 4.79 Å². The van der Waals surface area contributed by atoms with Crippen molar-refractivity contribution < 1.29 is 14.4 Å². The Morgan fingerprint density at radius 2 is 2.00 bits per heavy atom. The van der Waals surface area contributed by atoms with Gasteiger partial charge >= 0.3 is 6.03 Å². The second kappa shape index (κ2) is 7.48. The zero-order valence-electron chi connectivity index (χ0n) is 16.6. The lowest BCUT2D eigenvalue weighted by atomic mass is 9.87. The molecule has 0 radical (unpaired) electrons. The molecule has 7 nitrogen and oxygen atoms in total. The molecule has 152 valence electrons. The zero-order chi connectivity index (χ0) is 19.9. The van der Waals surface area contributed by atoms with Gasteiger partial charge in [0, 0.05) is 31.1 Å². The predicted octanol–water partition coefficient (Wildman–Crippen LogP) is 2.07. The molecule has 3 aliphatic heterocycles. The maximum absolute atomic E-state index is 13.3. The monoisotopic (exact) mass is 404 g/mol. The van der Waals surface area contributed by atoms with E-state index in [1.165, 1.54) is 16.2 Å². The van der Waals surface area contributed by atoms with Gasteiger partial charge in [0.05, 0.1) is 10.9 Å². The van der Waals surface area contributed by atoms with Crippen LogP contribution in [0.1, 0.15) is 47.2 Å². The lowest BCUT2D eigenvalue weighted by molar-refractivity contribution is -0.135. The van der Waals surface area contributed by atoms with Crippen LogP contribution in [0, 0.1) is 6.92 Å². The van der Waals surface area contributed by atoms with E-state index in [9.17, 15) is 14.4 Å². The highest BCUT2D eigenvalue weighted by molar-refractivity contribution is 7.13. The van der Waals surface area contributed by atoms with Gasteiger partial charge in [0.1, 0.15) is 5.54 Å². The van der Waals surface area contributed by atoms with Gasteiger partial charge in [0.25, 0.3) is 11.8 Å². The summed E-state index contributed by atoms with van der Waals surface area (Å²) in [5, 5.41) is 3.00. The molecule has 1 atom stereocenters. The van der Waals surface area contributed by atoms with Crippen LogP contribution in [0.15, 0.2) is 12.1 Å². The van der Waals surface area contributed by atoms with Gasteiger partial charge in [-0.2, -0.15) is 0 Å². The molecule has 28 heavy (non-hydrogen) atoms. The van der Waals surface area contributed by atoms with Gasteiger partial charge in [0.15, 0.2) is 0 Å². The van der Waals surface area contributed by atoms with Crippen LogP contribution < -0.4 is 5.32 Å². The van der Waals surface area contributed by atoms with E-state index in [0.717, 1.165) is 42.2 Å². The lowest BCUT2D eigenvalue weighted by Gasteiger charge is -2.38. The summed E-state index contributed by atoms with van der Waals surface area (Å²) in [5.74, 6) is -0.0969. The van der Waals surface area contributed by atoms with Crippen molar-refractivity contribution in [2.75, 3.05) is 32.7 Å². The first kappa shape index (κ1) is 19.4. The minimum absolute atomic E-state index is 0.000760. The summed E-state index contributed by atoms with van der Waals surface area (Å²) in [5.41, 5.74) is -0.750. The lowest BCUT2D eigenvalue weighted by Crippen LogP contribution is -2.56. The summed E-state index contributed by atoms with van der Waals surface area (Å²) in [6, 6.07) is 3.27. The van der Waals surface area contributed by atoms with Crippen molar-refractivity contribution in [2.45, 2.75) is 51.1 Å². The van der Waals surface area contributed by atoms with E-state index in [-0.39, 0.29) is 23.9 Å². The summed E-state index contributed by atoms with van der Waals surface area (Å²) in [4.78, 5) is 46.2. The van der Waals surface area contributed by atoms with Crippen LogP contribution >= 0.6 is 11.3 Å². The number of hydrogen-bond donors (Lipinski definition) is 1. The average molecular weight is 405 g/mol. The molecule has 3 fully saturated rings. The van der Waals surface area contributed by atoms with Gasteiger partial charge in [-0.05, 0) is 51.3 Å². The van der Waals surface area contributed by atoms with Crippen molar-refractivity contribution in [1.29, 1.82) is 0 Å². The van der Waals surface area contributed by atoms with Crippen molar-refractivity contribution in [1.82, 2.24) is 20.0 Å². The maximum Gasteiger partial charge on any atom is 0.325 e. The van der Waals surface area contributed by atoms with Crippen molar-refractivity contribution in [3.05, 3.63) is 21.9 Å². The minimum atomic E-state index is -0.750. The van der Waals surface area contributed by atoms with E-state index < -0.39 is 5.54 Å². The van der Waals surface area contributed by atoms with E-state index in [0.29, 0.717) is 25.9 Å². The van der Waals surface area contributed by atoms with Gasteiger partial charge in [-0.1, -0.05) is 6.92 Å². The fourth-order valence-corrected chi connectivity index (χ4v) is 5.45. The van der Waals surface area contributed by atoms with E-state index in [4.69, 9.17) is 0 Å². The number of nitrogens with zero attached hydrogens (tertiary/aromatic N) is 3. The molecule has 0 aliphatic carbocycles. The highest BCUT2D eigenvalue weighted by atomic mass is 32.1. The molecule has 1 aromatic heterocycles. The molecule has 0 bridgehead atoms. The highest BCUT2D eigenvalue weighted by Gasteiger charge is 2.54. The Kier molecular flexibility index (Phi) is 5.18. The largest absolute Gasteiger partial charge is 0.336 e. The first-order valence-corrected chi connectivity index (χ1v) is 11.0. The first-order chi connectivity index (χ1) is 13.4. The summed E-state index contributed by atoms with van der Waals surface area (Å²) < 4.78 is 0. The molecule has 0 unspecified atom stereocenters. The molecule has 1 aromatic rings. The molecular weight excluding hydrogens is 376 g/mol. The van der Waals surface area contributed by atoms with Crippen LogP contribution in [0.4, 0.5) is 4.79 Å². The normalized spacial score (nSPS) is 25.4. The summed E-state index contributed by atoms with van der Waals surface area (Å²) >= 11 is 1.49. The number of rotatable bonds is 3. The van der Waals surface area contributed by atoms with E-state index >= 15 is 0 Å². The van der Waals surface area contributed by atoms with Crippen LogP contribution in [0.2, 0.25) is 0 Å².